The van der Waals surface area contributed by atoms with Crippen molar-refractivity contribution in [3.05, 3.63) is 147 Å². The zero-order valence-electron chi connectivity index (χ0n) is 25.0. The quantitative estimate of drug-likeness (QED) is 0.0783. The van der Waals surface area contributed by atoms with E-state index in [1.54, 1.807) is 62.1 Å². The second-order valence-corrected chi connectivity index (χ2v) is 12.0. The number of furan rings is 1. The van der Waals surface area contributed by atoms with E-state index in [1.165, 1.54) is 16.7 Å². The Bertz CT molecular complexity index is 1960. The summed E-state index contributed by atoms with van der Waals surface area (Å²) in [6.07, 6.45) is 4.96. The van der Waals surface area contributed by atoms with Crippen molar-refractivity contribution in [3.63, 3.8) is 0 Å². The molecule has 1 aliphatic heterocycles. The molecular weight excluding hydrogens is 657 g/mol. The highest BCUT2D eigenvalue weighted by molar-refractivity contribution is 8.18. The van der Waals surface area contributed by atoms with Gasteiger partial charge in [-0.25, -0.2) is 0 Å². The number of ether oxygens (including phenoxy) is 3. The number of hydrogen-bond donors (Lipinski definition) is 0. The summed E-state index contributed by atoms with van der Waals surface area (Å²) in [5.41, 5.74) is 2.32. The summed E-state index contributed by atoms with van der Waals surface area (Å²) in [6.45, 7) is 0.432. The molecule has 0 unspecified atom stereocenters. The first-order valence-corrected chi connectivity index (χ1v) is 15.9. The SMILES string of the molecule is COc1cc(/C=C2\S/C(=N/N=C\c3cccc(Oc4ccccc4)c3)N(Cc3ccco3)C2=O)ccc1OCc1ccc(Cl)cc1Cl. The van der Waals surface area contributed by atoms with E-state index in [0.29, 0.717) is 43.1 Å². The van der Waals surface area contributed by atoms with E-state index in [0.717, 1.165) is 22.4 Å². The van der Waals surface area contributed by atoms with Gasteiger partial charge >= 0.3 is 0 Å². The van der Waals surface area contributed by atoms with Gasteiger partial charge in [0.15, 0.2) is 16.7 Å². The van der Waals surface area contributed by atoms with Gasteiger partial charge in [-0.3, -0.25) is 9.69 Å². The van der Waals surface area contributed by atoms with Crippen molar-refractivity contribution in [2.45, 2.75) is 13.2 Å². The van der Waals surface area contributed by atoms with Crippen molar-refractivity contribution < 1.29 is 23.4 Å². The molecule has 0 radical (unpaired) electrons. The number of rotatable bonds is 11. The van der Waals surface area contributed by atoms with Gasteiger partial charge in [0.25, 0.3) is 5.91 Å². The largest absolute Gasteiger partial charge is 0.493 e. The molecule has 1 aromatic heterocycles. The Kier molecular flexibility index (Phi) is 10.3. The van der Waals surface area contributed by atoms with E-state index in [1.807, 2.05) is 66.7 Å². The maximum Gasteiger partial charge on any atom is 0.267 e. The predicted molar refractivity (Wildman–Crippen MR) is 187 cm³/mol. The number of para-hydroxylation sites is 1. The van der Waals surface area contributed by atoms with Crippen molar-refractivity contribution in [2.75, 3.05) is 7.11 Å². The summed E-state index contributed by atoms with van der Waals surface area (Å²) in [4.78, 5) is 15.6. The molecule has 1 aliphatic rings. The monoisotopic (exact) mass is 683 g/mol. The Morgan fingerprint density at radius 3 is 2.51 bits per heavy atom. The lowest BCUT2D eigenvalue weighted by atomic mass is 10.1. The summed E-state index contributed by atoms with van der Waals surface area (Å²) in [5, 5.41) is 10.2. The first-order chi connectivity index (χ1) is 22.9. The number of carbonyl (C=O) groups excluding carboxylic acids is 1. The Morgan fingerprint density at radius 2 is 1.72 bits per heavy atom. The molecule has 236 valence electrons. The van der Waals surface area contributed by atoms with E-state index < -0.39 is 0 Å². The number of amidine groups is 1. The lowest BCUT2D eigenvalue weighted by Gasteiger charge is -2.13. The molecule has 4 aromatic carbocycles. The normalized spacial score (nSPS) is 14.8. The third-order valence-electron chi connectivity index (χ3n) is 6.85. The first kappa shape index (κ1) is 32.0. The molecule has 1 fully saturated rings. The van der Waals surface area contributed by atoms with E-state index >= 15 is 0 Å². The van der Waals surface area contributed by atoms with Crippen LogP contribution in [-0.4, -0.2) is 29.3 Å². The van der Waals surface area contributed by atoms with Crippen LogP contribution in [0.3, 0.4) is 0 Å². The molecule has 1 saturated heterocycles. The standard InChI is InChI=1S/C36H27Cl2N3O5S/c1-43-33-18-24(12-15-32(33)45-23-26-13-14-27(37)20-31(26)38)19-34-35(42)41(22-30-11-6-16-44-30)36(47-34)40-39-21-25-7-5-10-29(17-25)46-28-8-3-2-4-9-28/h2-21H,22-23H2,1H3/b34-19-,39-21-,40-36+. The van der Waals surface area contributed by atoms with Crippen LogP contribution in [-0.2, 0) is 17.9 Å². The molecule has 8 nitrogen and oxygen atoms in total. The lowest BCUT2D eigenvalue weighted by Crippen LogP contribution is -2.28. The number of methoxy groups -OCH3 is 1. The number of halogens is 2. The third-order valence-corrected chi connectivity index (χ3v) is 8.44. The van der Waals surface area contributed by atoms with Gasteiger partial charge in [-0.05, 0) is 89.6 Å². The first-order valence-electron chi connectivity index (χ1n) is 14.4. The molecular formula is C36H27Cl2N3O5S. The van der Waals surface area contributed by atoms with Gasteiger partial charge in [0, 0.05) is 15.6 Å². The van der Waals surface area contributed by atoms with Crippen LogP contribution in [0.15, 0.2) is 129 Å². The third kappa shape index (κ3) is 8.26. The smallest absolute Gasteiger partial charge is 0.267 e. The molecule has 0 saturated carbocycles. The van der Waals surface area contributed by atoms with Crippen LogP contribution >= 0.6 is 35.0 Å². The van der Waals surface area contributed by atoms with Crippen LogP contribution in [0, 0.1) is 0 Å². The van der Waals surface area contributed by atoms with Gasteiger partial charge in [0.1, 0.15) is 23.9 Å². The number of benzene rings is 4. The molecule has 6 rings (SSSR count). The van der Waals surface area contributed by atoms with Crippen LogP contribution in [0.5, 0.6) is 23.0 Å². The molecule has 0 spiro atoms. The van der Waals surface area contributed by atoms with Gasteiger partial charge < -0.3 is 18.6 Å². The number of hydrogen-bond acceptors (Lipinski definition) is 8. The molecule has 5 aromatic rings. The van der Waals surface area contributed by atoms with Gasteiger partial charge in [0.2, 0.25) is 0 Å². The predicted octanol–water partition coefficient (Wildman–Crippen LogP) is 9.47. The highest BCUT2D eigenvalue weighted by atomic mass is 35.5. The Morgan fingerprint density at radius 1 is 0.872 bits per heavy atom. The molecule has 0 atom stereocenters. The highest BCUT2D eigenvalue weighted by Crippen LogP contribution is 2.36. The summed E-state index contributed by atoms with van der Waals surface area (Å²) in [7, 11) is 1.56. The molecule has 47 heavy (non-hydrogen) atoms. The van der Waals surface area contributed by atoms with Crippen molar-refractivity contribution in [1.82, 2.24) is 4.90 Å². The Labute approximate surface area is 285 Å². The van der Waals surface area contributed by atoms with Crippen LogP contribution in [0.4, 0.5) is 0 Å². The second kappa shape index (κ2) is 15.1. The number of thioether (sulfide) groups is 1. The highest BCUT2D eigenvalue weighted by Gasteiger charge is 2.34. The fourth-order valence-electron chi connectivity index (χ4n) is 4.55. The van der Waals surface area contributed by atoms with E-state index in [4.69, 9.17) is 41.8 Å². The summed E-state index contributed by atoms with van der Waals surface area (Å²) in [5.74, 6) is 2.83. The molecule has 0 aliphatic carbocycles. The minimum Gasteiger partial charge on any atom is -0.493 e. The van der Waals surface area contributed by atoms with Crippen molar-refractivity contribution in [3.8, 4) is 23.0 Å². The van der Waals surface area contributed by atoms with Crippen molar-refractivity contribution >= 4 is 58.3 Å². The number of nitrogens with zero attached hydrogens (tertiary/aromatic N) is 3. The maximum atomic E-state index is 13.6. The van der Waals surface area contributed by atoms with Crippen LogP contribution in [0.25, 0.3) is 6.08 Å². The van der Waals surface area contributed by atoms with E-state index in [9.17, 15) is 4.79 Å². The molecule has 0 N–H and O–H groups in total. The average molecular weight is 685 g/mol. The number of amides is 1. The zero-order chi connectivity index (χ0) is 32.6. The minimum atomic E-state index is -0.227. The lowest BCUT2D eigenvalue weighted by molar-refractivity contribution is -0.122. The summed E-state index contributed by atoms with van der Waals surface area (Å²) < 4.78 is 23.0. The van der Waals surface area contributed by atoms with Crippen LogP contribution in [0.2, 0.25) is 10.0 Å². The molecule has 11 heteroatoms. The van der Waals surface area contributed by atoms with Crippen molar-refractivity contribution in [1.29, 1.82) is 0 Å². The van der Waals surface area contributed by atoms with E-state index in [2.05, 4.69) is 10.2 Å². The molecule has 0 bridgehead atoms. The van der Waals surface area contributed by atoms with E-state index in [-0.39, 0.29) is 19.1 Å². The molecule has 2 heterocycles. The fourth-order valence-corrected chi connectivity index (χ4v) is 5.94. The summed E-state index contributed by atoms with van der Waals surface area (Å²) in [6, 6.07) is 31.3. The minimum absolute atomic E-state index is 0.203. The Hall–Kier alpha value is -4.96. The topological polar surface area (TPSA) is 85.9 Å². The zero-order valence-corrected chi connectivity index (χ0v) is 27.3. The van der Waals surface area contributed by atoms with Gasteiger partial charge in [-0.1, -0.05) is 65.7 Å². The Balaban J connectivity index is 1.20. The van der Waals surface area contributed by atoms with Crippen LogP contribution < -0.4 is 14.2 Å². The maximum absolute atomic E-state index is 13.6. The fraction of sp³-hybridized carbons (Fsp3) is 0.0833. The van der Waals surface area contributed by atoms with Crippen LogP contribution in [0.1, 0.15) is 22.5 Å². The van der Waals surface area contributed by atoms with Gasteiger partial charge in [0.05, 0.1) is 31.0 Å². The van der Waals surface area contributed by atoms with Gasteiger partial charge in [-0.2, -0.15) is 5.10 Å². The summed E-state index contributed by atoms with van der Waals surface area (Å²) >= 11 is 13.5. The van der Waals surface area contributed by atoms with Gasteiger partial charge in [-0.15, -0.1) is 5.10 Å². The average Bonchev–Trinajstić information content (AvgIpc) is 3.70. The second-order valence-electron chi connectivity index (χ2n) is 10.1. The number of carbonyl (C=O) groups is 1. The molecule has 1 amide bonds. The van der Waals surface area contributed by atoms with Crippen molar-refractivity contribution in [2.24, 2.45) is 10.2 Å².